The van der Waals surface area contributed by atoms with Crippen molar-refractivity contribution in [2.24, 2.45) is 10.2 Å². The minimum Gasteiger partial charge on any atom is -0.505 e. The summed E-state index contributed by atoms with van der Waals surface area (Å²) in [4.78, 5) is 0. The Morgan fingerprint density at radius 1 is 0.958 bits per heavy atom. The molecule has 0 aliphatic carbocycles. The van der Waals surface area contributed by atoms with Crippen molar-refractivity contribution in [3.63, 3.8) is 0 Å². The number of nitrogens with zero attached hydrogens (tertiary/aromatic N) is 2. The first-order valence-electron chi connectivity index (χ1n) is 7.58. The Balaban J connectivity index is 2.19. The van der Waals surface area contributed by atoms with E-state index in [0.29, 0.717) is 21.4 Å². The van der Waals surface area contributed by atoms with Crippen LogP contribution in [0.5, 0.6) is 5.75 Å². The maximum absolute atomic E-state index is 10.6. The van der Waals surface area contributed by atoms with Gasteiger partial charge in [-0.3, -0.25) is 0 Å². The molecule has 0 radical (unpaired) electrons. The highest BCUT2D eigenvalue weighted by molar-refractivity contribution is 6.35. The number of benzene rings is 3. The highest BCUT2D eigenvalue weighted by atomic mass is 35.5. The summed E-state index contributed by atoms with van der Waals surface area (Å²) in [6.07, 6.45) is 0. The molecule has 0 saturated carbocycles. The standard InChI is InChI=1S/C19H16Cl2N2O/c1-11(2)15-9-12-5-3-4-6-14(12)18(19(15)24)23-22-17-10-13(20)7-8-16(17)21/h3-11,24H,1-2H3. The monoisotopic (exact) mass is 358 g/mol. The molecule has 0 amide bonds. The molecule has 3 aromatic carbocycles. The van der Waals surface area contributed by atoms with Gasteiger partial charge in [-0.25, -0.2) is 0 Å². The van der Waals surface area contributed by atoms with Gasteiger partial charge in [0.1, 0.15) is 17.1 Å². The molecule has 0 saturated heterocycles. The summed E-state index contributed by atoms with van der Waals surface area (Å²) in [6, 6.07) is 14.7. The van der Waals surface area contributed by atoms with Gasteiger partial charge in [0.25, 0.3) is 0 Å². The minimum atomic E-state index is 0.144. The molecule has 5 heteroatoms. The van der Waals surface area contributed by atoms with Crippen LogP contribution in [-0.2, 0) is 0 Å². The molecular weight excluding hydrogens is 343 g/mol. The van der Waals surface area contributed by atoms with Crippen molar-refractivity contribution in [2.45, 2.75) is 19.8 Å². The van der Waals surface area contributed by atoms with Crippen molar-refractivity contribution in [3.8, 4) is 5.75 Å². The number of fused-ring (bicyclic) bond motifs is 1. The fraction of sp³-hybridized carbons (Fsp3) is 0.158. The Morgan fingerprint density at radius 3 is 2.46 bits per heavy atom. The van der Waals surface area contributed by atoms with E-state index in [2.05, 4.69) is 10.2 Å². The van der Waals surface area contributed by atoms with Gasteiger partial charge in [0.2, 0.25) is 0 Å². The first-order chi connectivity index (χ1) is 11.5. The number of hydrogen-bond acceptors (Lipinski definition) is 3. The first-order valence-corrected chi connectivity index (χ1v) is 8.34. The molecule has 0 fully saturated rings. The maximum atomic E-state index is 10.6. The van der Waals surface area contributed by atoms with E-state index < -0.39 is 0 Å². The Hall–Kier alpha value is -2.10. The number of hydrogen-bond donors (Lipinski definition) is 1. The molecule has 0 aliphatic heterocycles. The van der Waals surface area contributed by atoms with Crippen LogP contribution in [0.4, 0.5) is 11.4 Å². The summed E-state index contributed by atoms with van der Waals surface area (Å²) in [5.74, 6) is 0.309. The first kappa shape index (κ1) is 16.7. The SMILES string of the molecule is CC(C)c1cc2ccccc2c(N=Nc2cc(Cl)ccc2Cl)c1O. The second-order valence-corrected chi connectivity index (χ2v) is 6.68. The normalized spacial score (nSPS) is 11.7. The highest BCUT2D eigenvalue weighted by Crippen LogP contribution is 2.42. The molecule has 0 aromatic heterocycles. The summed E-state index contributed by atoms with van der Waals surface area (Å²) in [7, 11) is 0. The van der Waals surface area contributed by atoms with Gasteiger partial charge < -0.3 is 5.11 Å². The van der Waals surface area contributed by atoms with E-state index in [1.54, 1.807) is 18.2 Å². The van der Waals surface area contributed by atoms with Gasteiger partial charge in [0.05, 0.1) is 5.02 Å². The molecule has 0 aliphatic rings. The predicted octanol–water partition coefficient (Wildman–Crippen LogP) is 7.39. The van der Waals surface area contributed by atoms with E-state index in [1.165, 1.54) is 0 Å². The summed E-state index contributed by atoms with van der Waals surface area (Å²) >= 11 is 12.1. The Labute approximate surface area is 150 Å². The van der Waals surface area contributed by atoms with Crippen molar-refractivity contribution in [2.75, 3.05) is 0 Å². The molecule has 3 aromatic rings. The van der Waals surface area contributed by atoms with E-state index in [0.717, 1.165) is 16.3 Å². The quantitative estimate of drug-likeness (QED) is 0.487. The highest BCUT2D eigenvalue weighted by Gasteiger charge is 2.15. The average Bonchev–Trinajstić information content (AvgIpc) is 2.56. The van der Waals surface area contributed by atoms with Gasteiger partial charge >= 0.3 is 0 Å². The summed E-state index contributed by atoms with van der Waals surface area (Å²) in [6.45, 7) is 4.05. The van der Waals surface area contributed by atoms with Crippen LogP contribution < -0.4 is 0 Å². The number of rotatable bonds is 3. The third kappa shape index (κ3) is 3.23. The molecular formula is C19H16Cl2N2O. The van der Waals surface area contributed by atoms with E-state index in [9.17, 15) is 5.11 Å². The van der Waals surface area contributed by atoms with E-state index in [4.69, 9.17) is 23.2 Å². The summed E-state index contributed by atoms with van der Waals surface area (Å²) in [5, 5.41) is 21.9. The van der Waals surface area contributed by atoms with E-state index in [-0.39, 0.29) is 11.7 Å². The molecule has 0 unspecified atom stereocenters. The predicted molar refractivity (Wildman–Crippen MR) is 100 cm³/mol. The zero-order valence-electron chi connectivity index (χ0n) is 13.3. The van der Waals surface area contributed by atoms with Crippen LogP contribution in [0.25, 0.3) is 10.8 Å². The van der Waals surface area contributed by atoms with Crippen molar-refractivity contribution in [1.29, 1.82) is 0 Å². The molecule has 3 rings (SSSR count). The molecule has 1 N–H and O–H groups in total. The van der Waals surface area contributed by atoms with Crippen LogP contribution in [0.2, 0.25) is 10.0 Å². The van der Waals surface area contributed by atoms with Gasteiger partial charge in [-0.1, -0.05) is 61.3 Å². The van der Waals surface area contributed by atoms with Crippen LogP contribution in [0.15, 0.2) is 58.8 Å². The van der Waals surface area contributed by atoms with Crippen molar-refractivity contribution < 1.29 is 5.11 Å². The molecule has 24 heavy (non-hydrogen) atoms. The fourth-order valence-corrected chi connectivity index (χ4v) is 2.87. The zero-order valence-corrected chi connectivity index (χ0v) is 14.8. The average molecular weight is 359 g/mol. The molecule has 0 atom stereocenters. The van der Waals surface area contributed by atoms with E-state index >= 15 is 0 Å². The third-order valence-corrected chi connectivity index (χ3v) is 4.37. The maximum Gasteiger partial charge on any atom is 0.147 e. The number of aromatic hydroxyl groups is 1. The molecule has 3 nitrogen and oxygen atoms in total. The van der Waals surface area contributed by atoms with Crippen molar-refractivity contribution in [3.05, 3.63) is 64.1 Å². The van der Waals surface area contributed by atoms with Crippen LogP contribution >= 0.6 is 23.2 Å². The Bertz CT molecular complexity index is 936. The third-order valence-electron chi connectivity index (χ3n) is 3.81. The van der Waals surface area contributed by atoms with Crippen LogP contribution in [-0.4, -0.2) is 5.11 Å². The topological polar surface area (TPSA) is 45.0 Å². The fourth-order valence-electron chi connectivity index (χ4n) is 2.55. The molecule has 0 spiro atoms. The second-order valence-electron chi connectivity index (χ2n) is 5.83. The lowest BCUT2D eigenvalue weighted by Crippen LogP contribution is -1.89. The Kier molecular flexibility index (Phi) is 4.74. The summed E-state index contributed by atoms with van der Waals surface area (Å²) in [5.41, 5.74) is 1.73. The van der Waals surface area contributed by atoms with E-state index in [1.807, 2.05) is 44.2 Å². The molecule has 0 heterocycles. The number of azo groups is 1. The lowest BCUT2D eigenvalue weighted by Gasteiger charge is -2.13. The number of phenolic OH excluding ortho intramolecular Hbond substituents is 1. The number of phenols is 1. The summed E-state index contributed by atoms with van der Waals surface area (Å²) < 4.78 is 0. The lowest BCUT2D eigenvalue weighted by atomic mass is 9.96. The van der Waals surface area contributed by atoms with Gasteiger partial charge in [-0.15, -0.1) is 10.2 Å². The minimum absolute atomic E-state index is 0.144. The van der Waals surface area contributed by atoms with Crippen LogP contribution in [0.3, 0.4) is 0 Å². The van der Waals surface area contributed by atoms with Gasteiger partial charge in [0, 0.05) is 10.4 Å². The second kappa shape index (κ2) is 6.80. The van der Waals surface area contributed by atoms with Gasteiger partial charge in [0.15, 0.2) is 0 Å². The van der Waals surface area contributed by atoms with Gasteiger partial charge in [-0.05, 0) is 41.1 Å². The number of halogens is 2. The zero-order chi connectivity index (χ0) is 17.3. The Morgan fingerprint density at radius 2 is 1.71 bits per heavy atom. The van der Waals surface area contributed by atoms with Crippen molar-refractivity contribution >= 4 is 45.3 Å². The lowest BCUT2D eigenvalue weighted by molar-refractivity contribution is 0.467. The smallest absolute Gasteiger partial charge is 0.147 e. The van der Waals surface area contributed by atoms with Crippen LogP contribution in [0.1, 0.15) is 25.3 Å². The van der Waals surface area contributed by atoms with Crippen LogP contribution in [0, 0.1) is 0 Å². The van der Waals surface area contributed by atoms with Crippen molar-refractivity contribution in [1.82, 2.24) is 0 Å². The largest absolute Gasteiger partial charge is 0.505 e. The molecule has 0 bridgehead atoms. The van der Waals surface area contributed by atoms with Gasteiger partial charge in [-0.2, -0.15) is 0 Å². The molecule has 122 valence electrons.